The summed E-state index contributed by atoms with van der Waals surface area (Å²) in [7, 11) is 0. The summed E-state index contributed by atoms with van der Waals surface area (Å²) in [5.74, 6) is 0.574. The van der Waals surface area contributed by atoms with Gasteiger partial charge in [0, 0.05) is 30.0 Å². The van der Waals surface area contributed by atoms with Crippen LogP contribution in [0.25, 0.3) is 0 Å². The van der Waals surface area contributed by atoms with Crippen molar-refractivity contribution in [1.29, 1.82) is 0 Å². The number of aromatic hydroxyl groups is 1. The molecule has 3 rings (SSSR count). The molecule has 2 aromatic carbocycles. The molecule has 2 N–H and O–H groups in total. The lowest BCUT2D eigenvalue weighted by Crippen LogP contribution is -3.00. The number of piperidine rings is 1. The lowest BCUT2D eigenvalue weighted by molar-refractivity contribution is -0.919. The van der Waals surface area contributed by atoms with Crippen molar-refractivity contribution >= 4 is 47.0 Å². The van der Waals surface area contributed by atoms with Crippen molar-refractivity contribution < 1.29 is 36.2 Å². The summed E-state index contributed by atoms with van der Waals surface area (Å²) >= 11 is 4.55. The first-order chi connectivity index (χ1) is 19.0. The summed E-state index contributed by atoms with van der Waals surface area (Å²) in [5.41, 5.74) is 5.91. The number of carbonyl (C=O) groups excluding carboxylic acids is 2. The van der Waals surface area contributed by atoms with Gasteiger partial charge in [0.05, 0.1) is 25.7 Å². The number of phenolic OH excluding ortho intramolecular Hbond substituents is 1. The molecular formula is C33H51Br2N3O3S. The molecule has 2 unspecified atom stereocenters. The fourth-order valence-corrected chi connectivity index (χ4v) is 6.63. The van der Waals surface area contributed by atoms with Crippen LogP contribution in [0, 0.1) is 27.7 Å². The van der Waals surface area contributed by atoms with Crippen LogP contribution in [0.5, 0.6) is 5.75 Å². The van der Waals surface area contributed by atoms with Gasteiger partial charge in [-0.1, -0.05) is 19.4 Å². The first-order valence-corrected chi connectivity index (χ1v) is 15.4. The summed E-state index contributed by atoms with van der Waals surface area (Å²) in [4.78, 5) is 30.1. The number of quaternary nitrogens is 1. The second kappa shape index (κ2) is 17.8. The highest BCUT2D eigenvalue weighted by Crippen LogP contribution is 2.28. The summed E-state index contributed by atoms with van der Waals surface area (Å²) in [6.45, 7) is 17.5. The zero-order chi connectivity index (χ0) is 29.4. The Labute approximate surface area is 280 Å². The standard InChI is InChI=1S/C33H49N3O3S.2BrH/c1-7-17-36(8-2,22-28(38)21-29-24(4)19-27(37)20-25(29)5)18-11-16-35-15-10-9-12-30(35)33(39)34-32-23(3)13-14-31(40)26(32)6;;/h13-14,19-20,30H,7-12,15-18,21-22H2,1-6H3,(H2-,34,37,39,40);2*1H. The van der Waals surface area contributed by atoms with Gasteiger partial charge in [0.2, 0.25) is 5.91 Å². The maximum atomic E-state index is 13.5. The van der Waals surface area contributed by atoms with Crippen LogP contribution in [0.1, 0.15) is 73.8 Å². The molecule has 1 aliphatic rings. The van der Waals surface area contributed by atoms with E-state index >= 15 is 0 Å². The maximum Gasteiger partial charge on any atom is 0.241 e. The van der Waals surface area contributed by atoms with E-state index in [1.807, 2.05) is 39.8 Å². The Kier molecular flexibility index (Phi) is 16.4. The Balaban J connectivity index is 0.00000441. The molecule has 0 saturated carbocycles. The number of anilines is 1. The first-order valence-electron chi connectivity index (χ1n) is 15.0. The van der Waals surface area contributed by atoms with Crippen molar-refractivity contribution in [2.45, 2.75) is 91.0 Å². The van der Waals surface area contributed by atoms with Crippen LogP contribution < -0.4 is 22.3 Å². The highest BCUT2D eigenvalue weighted by atomic mass is 79.9. The number of hydrogen-bond acceptors (Lipinski definition) is 5. The van der Waals surface area contributed by atoms with Crippen molar-refractivity contribution in [2.75, 3.05) is 44.6 Å². The van der Waals surface area contributed by atoms with E-state index in [4.69, 9.17) is 0 Å². The van der Waals surface area contributed by atoms with Crippen LogP contribution >= 0.6 is 29.6 Å². The van der Waals surface area contributed by atoms with E-state index in [9.17, 15) is 14.7 Å². The van der Waals surface area contributed by atoms with Crippen molar-refractivity contribution in [3.63, 3.8) is 0 Å². The number of Topliss-reactive ketones (excluding diaryl/α,β-unsaturated/α-hetero) is 1. The molecule has 0 bridgehead atoms. The summed E-state index contributed by atoms with van der Waals surface area (Å²) in [6, 6.07) is 7.33. The Bertz CT molecular complexity index is 1190. The topological polar surface area (TPSA) is 69.6 Å². The molecule has 0 spiro atoms. The SMILES string of the molecule is Br.CCC[N+](CC)(CCCN1CCCCC1C(=O)Nc1c(C)ccc(S)c1C)CC(=O)Cc1c(C)cc(O)cc1C.[Br-]. The van der Waals surface area contributed by atoms with Gasteiger partial charge in [0.1, 0.15) is 12.3 Å². The van der Waals surface area contributed by atoms with Gasteiger partial charge < -0.3 is 31.9 Å². The van der Waals surface area contributed by atoms with E-state index in [1.165, 1.54) is 0 Å². The van der Waals surface area contributed by atoms with Gasteiger partial charge in [-0.3, -0.25) is 14.5 Å². The molecule has 1 heterocycles. The van der Waals surface area contributed by atoms with Gasteiger partial charge in [0.25, 0.3) is 0 Å². The molecule has 6 nitrogen and oxygen atoms in total. The average molecular weight is 730 g/mol. The predicted molar refractivity (Wildman–Crippen MR) is 178 cm³/mol. The molecule has 1 aliphatic heterocycles. The molecule has 2 atom stereocenters. The third kappa shape index (κ3) is 10.1. The number of likely N-dealkylation sites (tertiary alicyclic amines) is 1. The van der Waals surface area contributed by atoms with Crippen molar-refractivity contribution in [3.8, 4) is 5.75 Å². The van der Waals surface area contributed by atoms with Gasteiger partial charge in [0.15, 0.2) is 5.78 Å². The number of thiol groups is 1. The van der Waals surface area contributed by atoms with Crippen molar-refractivity contribution in [1.82, 2.24) is 4.90 Å². The summed E-state index contributed by atoms with van der Waals surface area (Å²) < 4.78 is 0.781. The molecule has 2 aromatic rings. The van der Waals surface area contributed by atoms with Crippen LogP contribution in [0.2, 0.25) is 0 Å². The van der Waals surface area contributed by atoms with E-state index in [0.29, 0.717) is 13.0 Å². The molecule has 0 aliphatic carbocycles. The Morgan fingerprint density at radius 3 is 2.33 bits per heavy atom. The Morgan fingerprint density at radius 2 is 1.71 bits per heavy atom. The number of nitrogens with one attached hydrogen (secondary N) is 1. The van der Waals surface area contributed by atoms with Crippen molar-refractivity contribution in [2.24, 2.45) is 0 Å². The van der Waals surface area contributed by atoms with Gasteiger partial charge in [-0.15, -0.1) is 29.6 Å². The third-order valence-electron chi connectivity index (χ3n) is 8.82. The zero-order valence-corrected chi connectivity index (χ0v) is 30.5. The van der Waals surface area contributed by atoms with E-state index in [0.717, 1.165) is 108 Å². The molecule has 0 radical (unpaired) electrons. The van der Waals surface area contributed by atoms with Crippen LogP contribution in [0.15, 0.2) is 29.2 Å². The number of carbonyl (C=O) groups is 2. The highest BCUT2D eigenvalue weighted by molar-refractivity contribution is 8.93. The van der Waals surface area contributed by atoms with Gasteiger partial charge in [-0.2, -0.15) is 0 Å². The van der Waals surface area contributed by atoms with E-state index in [1.54, 1.807) is 12.1 Å². The smallest absolute Gasteiger partial charge is 0.241 e. The second-order valence-corrected chi connectivity index (χ2v) is 12.3. The summed E-state index contributed by atoms with van der Waals surface area (Å²) in [6.07, 6.45) is 5.43. The Morgan fingerprint density at radius 1 is 1.05 bits per heavy atom. The van der Waals surface area contributed by atoms with Gasteiger partial charge in [-0.25, -0.2) is 0 Å². The number of phenols is 1. The normalized spacial score (nSPS) is 16.6. The van der Waals surface area contributed by atoms with Gasteiger partial charge in [-0.05, 0) is 106 Å². The second-order valence-electron chi connectivity index (χ2n) is 11.8. The van der Waals surface area contributed by atoms with Crippen LogP contribution in [0.3, 0.4) is 0 Å². The monoisotopic (exact) mass is 727 g/mol. The number of ketones is 1. The van der Waals surface area contributed by atoms with E-state index in [-0.39, 0.29) is 57.4 Å². The average Bonchev–Trinajstić information content (AvgIpc) is 2.91. The molecule has 0 aromatic heterocycles. The highest BCUT2D eigenvalue weighted by Gasteiger charge is 2.32. The maximum absolute atomic E-state index is 13.5. The molecular weight excluding hydrogens is 678 g/mol. The molecule has 42 heavy (non-hydrogen) atoms. The van der Waals surface area contributed by atoms with Crippen LogP contribution in [-0.2, 0) is 16.0 Å². The fraction of sp³-hybridized carbons (Fsp3) is 0.576. The minimum absolute atomic E-state index is 0. The number of halogens is 2. The van der Waals surface area contributed by atoms with E-state index in [2.05, 4.69) is 36.7 Å². The number of hydrogen-bond donors (Lipinski definition) is 3. The lowest BCUT2D eigenvalue weighted by Gasteiger charge is -2.39. The number of likely N-dealkylation sites (N-methyl/N-ethyl adjacent to an activating group) is 1. The Hall–Kier alpha value is -1.39. The molecule has 1 fully saturated rings. The van der Waals surface area contributed by atoms with Crippen LogP contribution in [0.4, 0.5) is 5.69 Å². The summed E-state index contributed by atoms with van der Waals surface area (Å²) in [5, 5.41) is 13.1. The minimum Gasteiger partial charge on any atom is -1.00 e. The number of nitrogens with zero attached hydrogens (tertiary/aromatic N) is 2. The molecule has 9 heteroatoms. The van der Waals surface area contributed by atoms with Crippen LogP contribution in [-0.4, -0.2) is 71.5 Å². The number of benzene rings is 2. The lowest BCUT2D eigenvalue weighted by atomic mass is 9.97. The third-order valence-corrected chi connectivity index (χ3v) is 9.31. The zero-order valence-electron chi connectivity index (χ0n) is 26.3. The first kappa shape index (κ1) is 38.6. The molecule has 1 amide bonds. The number of rotatable bonds is 13. The minimum atomic E-state index is -0.132. The number of amides is 1. The van der Waals surface area contributed by atoms with Gasteiger partial charge >= 0.3 is 0 Å². The number of aryl methyl sites for hydroxylation is 3. The molecule has 236 valence electrons. The fourth-order valence-electron chi connectivity index (χ4n) is 6.45. The molecule has 1 saturated heterocycles. The van der Waals surface area contributed by atoms with Crippen molar-refractivity contribution in [3.05, 3.63) is 52.1 Å². The predicted octanol–water partition coefficient (Wildman–Crippen LogP) is 3.74. The van der Waals surface area contributed by atoms with E-state index < -0.39 is 0 Å². The largest absolute Gasteiger partial charge is 1.00 e. The quantitative estimate of drug-likeness (QED) is 0.217.